The lowest BCUT2D eigenvalue weighted by Gasteiger charge is -2.24. The number of hydrogen-bond donors (Lipinski definition) is 1. The van der Waals surface area contributed by atoms with E-state index in [1.54, 1.807) is 0 Å². The quantitative estimate of drug-likeness (QED) is 0.581. The predicted octanol–water partition coefficient (Wildman–Crippen LogP) is 5.11. The summed E-state index contributed by atoms with van der Waals surface area (Å²) in [6.07, 6.45) is 0.859. The molecule has 0 saturated heterocycles. The summed E-state index contributed by atoms with van der Waals surface area (Å²) in [5.41, 5.74) is 3.18. The van der Waals surface area contributed by atoms with Crippen molar-refractivity contribution in [3.8, 4) is 0 Å². The Bertz CT molecular complexity index is 726. The zero-order chi connectivity index (χ0) is 17.3. The number of rotatable bonds is 8. The first-order valence-corrected chi connectivity index (χ1v) is 8.78. The zero-order valence-corrected chi connectivity index (χ0v) is 14.3. The number of ether oxygens (including phenoxy) is 1. The van der Waals surface area contributed by atoms with E-state index in [2.05, 4.69) is 24.3 Å². The molecular formula is C23H24O2. The molecule has 0 aliphatic carbocycles. The van der Waals surface area contributed by atoms with Crippen molar-refractivity contribution in [1.82, 2.24) is 0 Å². The fourth-order valence-electron chi connectivity index (χ4n) is 2.97. The minimum absolute atomic E-state index is 0.362. The van der Waals surface area contributed by atoms with Crippen LogP contribution in [0.15, 0.2) is 91.0 Å². The van der Waals surface area contributed by atoms with Gasteiger partial charge < -0.3 is 9.84 Å². The number of hydrogen-bond acceptors (Lipinski definition) is 2. The SMILES string of the molecule is O[C@H](c1ccccc1)[C@H](OCCCc1ccccc1)c1ccccc1. The lowest BCUT2D eigenvalue weighted by Crippen LogP contribution is -2.15. The molecule has 2 atom stereocenters. The van der Waals surface area contributed by atoms with Gasteiger partial charge in [-0.25, -0.2) is 0 Å². The average molecular weight is 332 g/mol. The number of benzene rings is 3. The fraction of sp³-hybridized carbons (Fsp3) is 0.217. The standard InChI is InChI=1S/C23H24O2/c24-22(20-14-6-2-7-15-20)23(21-16-8-3-9-17-21)25-18-10-13-19-11-4-1-5-12-19/h1-9,11-12,14-17,22-24H,10,13,18H2/t22-,23-/m1/s1. The van der Waals surface area contributed by atoms with Crippen LogP contribution in [-0.4, -0.2) is 11.7 Å². The van der Waals surface area contributed by atoms with Crippen LogP contribution < -0.4 is 0 Å². The van der Waals surface area contributed by atoms with Gasteiger partial charge in [0.2, 0.25) is 0 Å². The molecule has 0 spiro atoms. The Kier molecular flexibility index (Phi) is 6.38. The molecule has 25 heavy (non-hydrogen) atoms. The van der Waals surface area contributed by atoms with Gasteiger partial charge in [-0.3, -0.25) is 0 Å². The fourth-order valence-corrected chi connectivity index (χ4v) is 2.97. The van der Waals surface area contributed by atoms with Gasteiger partial charge in [-0.05, 0) is 29.5 Å². The van der Waals surface area contributed by atoms with Crippen LogP contribution in [0.5, 0.6) is 0 Å². The lowest BCUT2D eigenvalue weighted by molar-refractivity contribution is -0.0418. The normalized spacial score (nSPS) is 13.3. The largest absolute Gasteiger partial charge is 0.385 e. The van der Waals surface area contributed by atoms with Crippen LogP contribution in [0, 0.1) is 0 Å². The monoisotopic (exact) mass is 332 g/mol. The molecule has 1 N–H and O–H groups in total. The van der Waals surface area contributed by atoms with Crippen molar-refractivity contribution < 1.29 is 9.84 Å². The third-order valence-electron chi connectivity index (χ3n) is 4.31. The minimum Gasteiger partial charge on any atom is -0.385 e. The predicted molar refractivity (Wildman–Crippen MR) is 101 cm³/mol. The van der Waals surface area contributed by atoms with E-state index in [9.17, 15) is 5.11 Å². The number of aliphatic hydroxyl groups excluding tert-OH is 1. The van der Waals surface area contributed by atoms with E-state index in [4.69, 9.17) is 4.74 Å². The molecule has 2 nitrogen and oxygen atoms in total. The molecule has 0 radical (unpaired) electrons. The van der Waals surface area contributed by atoms with Gasteiger partial charge >= 0.3 is 0 Å². The molecule has 0 fully saturated rings. The first kappa shape index (κ1) is 17.4. The third-order valence-corrected chi connectivity index (χ3v) is 4.31. The highest BCUT2D eigenvalue weighted by atomic mass is 16.5. The molecule has 0 aliphatic rings. The van der Waals surface area contributed by atoms with Crippen LogP contribution in [0.2, 0.25) is 0 Å². The molecule has 128 valence electrons. The molecule has 2 heteroatoms. The Balaban J connectivity index is 1.65. The van der Waals surface area contributed by atoms with Gasteiger partial charge in [0.1, 0.15) is 12.2 Å². The van der Waals surface area contributed by atoms with Gasteiger partial charge in [0, 0.05) is 6.61 Å². The maximum absolute atomic E-state index is 10.8. The lowest BCUT2D eigenvalue weighted by atomic mass is 9.98. The zero-order valence-electron chi connectivity index (χ0n) is 14.3. The van der Waals surface area contributed by atoms with Gasteiger partial charge in [-0.1, -0.05) is 91.0 Å². The minimum atomic E-state index is -0.680. The molecule has 0 aliphatic heterocycles. The van der Waals surface area contributed by atoms with Gasteiger partial charge in [-0.2, -0.15) is 0 Å². The molecule has 0 saturated carbocycles. The van der Waals surface area contributed by atoms with Crippen LogP contribution >= 0.6 is 0 Å². The van der Waals surface area contributed by atoms with Crippen molar-refractivity contribution in [1.29, 1.82) is 0 Å². The number of aliphatic hydroxyl groups is 1. The van der Waals surface area contributed by atoms with Crippen molar-refractivity contribution in [2.75, 3.05) is 6.61 Å². The molecule has 0 bridgehead atoms. The van der Waals surface area contributed by atoms with Gasteiger partial charge in [0.15, 0.2) is 0 Å². The summed E-state index contributed by atoms with van der Waals surface area (Å²) in [5, 5.41) is 10.8. The highest BCUT2D eigenvalue weighted by Gasteiger charge is 2.23. The van der Waals surface area contributed by atoms with E-state index in [1.165, 1.54) is 5.56 Å². The molecule has 0 unspecified atom stereocenters. The van der Waals surface area contributed by atoms with Crippen molar-refractivity contribution >= 4 is 0 Å². The van der Waals surface area contributed by atoms with E-state index in [0.29, 0.717) is 6.61 Å². The number of aryl methyl sites for hydroxylation is 1. The first-order valence-electron chi connectivity index (χ1n) is 8.78. The van der Waals surface area contributed by atoms with E-state index in [1.807, 2.05) is 66.7 Å². The van der Waals surface area contributed by atoms with Crippen molar-refractivity contribution in [2.24, 2.45) is 0 Å². The molecule has 0 amide bonds. The summed E-state index contributed by atoms with van der Waals surface area (Å²) >= 11 is 0. The smallest absolute Gasteiger partial charge is 0.113 e. The summed E-state index contributed by atoms with van der Waals surface area (Å²) in [7, 11) is 0. The summed E-state index contributed by atoms with van der Waals surface area (Å²) in [4.78, 5) is 0. The highest BCUT2D eigenvalue weighted by molar-refractivity contribution is 5.25. The Morgan fingerprint density at radius 2 is 1.20 bits per heavy atom. The van der Waals surface area contributed by atoms with Gasteiger partial charge in [-0.15, -0.1) is 0 Å². The maximum atomic E-state index is 10.8. The molecule has 0 aromatic heterocycles. The summed E-state index contributed by atoms with van der Waals surface area (Å²) < 4.78 is 6.12. The molecule has 3 aromatic rings. The maximum Gasteiger partial charge on any atom is 0.113 e. The van der Waals surface area contributed by atoms with E-state index in [-0.39, 0.29) is 6.10 Å². The second kappa shape index (κ2) is 9.16. The molecular weight excluding hydrogens is 308 g/mol. The van der Waals surface area contributed by atoms with Crippen molar-refractivity contribution in [3.63, 3.8) is 0 Å². The second-order valence-corrected chi connectivity index (χ2v) is 6.15. The van der Waals surface area contributed by atoms with Gasteiger partial charge in [0.05, 0.1) is 0 Å². The van der Waals surface area contributed by atoms with E-state index in [0.717, 1.165) is 24.0 Å². The first-order chi connectivity index (χ1) is 12.3. The van der Waals surface area contributed by atoms with E-state index < -0.39 is 6.10 Å². The Labute approximate surface area is 149 Å². The Morgan fingerprint density at radius 3 is 1.80 bits per heavy atom. The van der Waals surface area contributed by atoms with Crippen LogP contribution in [0.25, 0.3) is 0 Å². The topological polar surface area (TPSA) is 29.5 Å². The second-order valence-electron chi connectivity index (χ2n) is 6.15. The van der Waals surface area contributed by atoms with Crippen LogP contribution in [0.3, 0.4) is 0 Å². The van der Waals surface area contributed by atoms with Crippen LogP contribution in [-0.2, 0) is 11.2 Å². The third kappa shape index (κ3) is 5.02. The average Bonchev–Trinajstić information content (AvgIpc) is 2.70. The molecule has 3 rings (SSSR count). The molecule has 0 heterocycles. The van der Waals surface area contributed by atoms with Crippen LogP contribution in [0.4, 0.5) is 0 Å². The highest BCUT2D eigenvalue weighted by Crippen LogP contribution is 2.32. The van der Waals surface area contributed by atoms with Crippen LogP contribution in [0.1, 0.15) is 35.3 Å². The van der Waals surface area contributed by atoms with E-state index >= 15 is 0 Å². The van der Waals surface area contributed by atoms with Gasteiger partial charge in [0.25, 0.3) is 0 Å². The summed E-state index contributed by atoms with van der Waals surface area (Å²) in [6.45, 7) is 0.609. The van der Waals surface area contributed by atoms with Crippen molar-refractivity contribution in [2.45, 2.75) is 25.0 Å². The summed E-state index contributed by atoms with van der Waals surface area (Å²) in [5.74, 6) is 0. The Hall–Kier alpha value is -2.42. The van der Waals surface area contributed by atoms with Crippen molar-refractivity contribution in [3.05, 3.63) is 108 Å². The molecule has 3 aromatic carbocycles. The summed E-state index contributed by atoms with van der Waals surface area (Å²) in [6, 6.07) is 30.1. The Morgan fingerprint density at radius 1 is 0.680 bits per heavy atom.